The SMILES string of the molecule is CCCC(C(=O)O)n1nnnc1Cc1ccc(OC)c(OC)c1. The van der Waals surface area contributed by atoms with Gasteiger partial charge in [-0.3, -0.25) is 0 Å². The van der Waals surface area contributed by atoms with E-state index in [0.717, 1.165) is 12.0 Å². The van der Waals surface area contributed by atoms with Crippen LogP contribution in [0.2, 0.25) is 0 Å². The van der Waals surface area contributed by atoms with Gasteiger partial charge in [-0.1, -0.05) is 19.4 Å². The number of rotatable bonds is 8. The van der Waals surface area contributed by atoms with Crippen LogP contribution in [0.4, 0.5) is 0 Å². The van der Waals surface area contributed by atoms with E-state index in [1.807, 2.05) is 19.1 Å². The zero-order chi connectivity index (χ0) is 16.8. The number of aromatic nitrogens is 4. The largest absolute Gasteiger partial charge is 0.493 e. The van der Waals surface area contributed by atoms with E-state index in [-0.39, 0.29) is 0 Å². The zero-order valence-corrected chi connectivity index (χ0v) is 13.4. The Balaban J connectivity index is 2.28. The number of carboxylic acid groups (broad SMARTS) is 1. The van der Waals surface area contributed by atoms with Crippen LogP contribution in [0.1, 0.15) is 37.2 Å². The molecule has 0 aliphatic carbocycles. The van der Waals surface area contributed by atoms with Crippen molar-refractivity contribution >= 4 is 5.97 Å². The first kappa shape index (κ1) is 16.7. The van der Waals surface area contributed by atoms with Gasteiger partial charge in [-0.25, -0.2) is 9.48 Å². The Morgan fingerprint density at radius 3 is 2.65 bits per heavy atom. The van der Waals surface area contributed by atoms with E-state index in [9.17, 15) is 9.90 Å². The third kappa shape index (κ3) is 3.77. The fourth-order valence-corrected chi connectivity index (χ4v) is 2.37. The van der Waals surface area contributed by atoms with Crippen LogP contribution >= 0.6 is 0 Å². The van der Waals surface area contributed by atoms with Crippen molar-refractivity contribution in [2.45, 2.75) is 32.2 Å². The van der Waals surface area contributed by atoms with Gasteiger partial charge in [0.25, 0.3) is 0 Å². The highest BCUT2D eigenvalue weighted by molar-refractivity contribution is 5.71. The summed E-state index contributed by atoms with van der Waals surface area (Å²) in [6, 6.07) is 4.73. The van der Waals surface area contributed by atoms with E-state index >= 15 is 0 Å². The number of aliphatic carboxylic acids is 1. The van der Waals surface area contributed by atoms with Crippen LogP contribution in [0, 0.1) is 0 Å². The summed E-state index contributed by atoms with van der Waals surface area (Å²) in [7, 11) is 3.13. The summed E-state index contributed by atoms with van der Waals surface area (Å²) in [4.78, 5) is 11.4. The molecule has 2 aromatic rings. The lowest BCUT2D eigenvalue weighted by Gasteiger charge is -2.13. The van der Waals surface area contributed by atoms with Crippen molar-refractivity contribution in [2.75, 3.05) is 14.2 Å². The lowest BCUT2D eigenvalue weighted by molar-refractivity contribution is -0.141. The summed E-state index contributed by atoms with van der Waals surface area (Å²) in [5.41, 5.74) is 0.902. The van der Waals surface area contributed by atoms with E-state index < -0.39 is 12.0 Å². The van der Waals surface area contributed by atoms with Gasteiger partial charge in [0.1, 0.15) is 0 Å². The molecule has 0 aliphatic heterocycles. The van der Waals surface area contributed by atoms with Crippen LogP contribution in [0.5, 0.6) is 11.5 Å². The van der Waals surface area contributed by atoms with E-state index in [1.165, 1.54) is 4.68 Å². The lowest BCUT2D eigenvalue weighted by Crippen LogP contribution is -2.22. The topological polar surface area (TPSA) is 99.4 Å². The highest BCUT2D eigenvalue weighted by atomic mass is 16.5. The standard InChI is InChI=1S/C15H20N4O4/c1-4-5-11(15(20)21)19-14(16-17-18-19)9-10-6-7-12(22-2)13(8-10)23-3/h6-8,11H,4-5,9H2,1-3H3,(H,20,21). The molecular formula is C15H20N4O4. The van der Waals surface area contributed by atoms with Crippen LogP contribution in [0.15, 0.2) is 18.2 Å². The van der Waals surface area contributed by atoms with Crippen molar-refractivity contribution in [3.63, 3.8) is 0 Å². The monoisotopic (exact) mass is 320 g/mol. The van der Waals surface area contributed by atoms with Crippen LogP contribution in [0.3, 0.4) is 0 Å². The molecule has 1 unspecified atom stereocenters. The van der Waals surface area contributed by atoms with Gasteiger partial charge in [0.15, 0.2) is 23.4 Å². The molecule has 0 radical (unpaired) electrons. The van der Waals surface area contributed by atoms with E-state index in [4.69, 9.17) is 9.47 Å². The highest BCUT2D eigenvalue weighted by Gasteiger charge is 2.23. The minimum absolute atomic E-state index is 0.404. The summed E-state index contributed by atoms with van der Waals surface area (Å²) < 4.78 is 11.9. The van der Waals surface area contributed by atoms with Gasteiger partial charge in [0, 0.05) is 6.42 Å². The number of nitrogens with zero attached hydrogens (tertiary/aromatic N) is 4. The Morgan fingerprint density at radius 2 is 2.04 bits per heavy atom. The molecule has 1 heterocycles. The van der Waals surface area contributed by atoms with Gasteiger partial charge in [-0.15, -0.1) is 5.10 Å². The normalized spacial score (nSPS) is 12.0. The van der Waals surface area contributed by atoms with Gasteiger partial charge in [-0.2, -0.15) is 0 Å². The second-order valence-corrected chi connectivity index (χ2v) is 5.05. The number of methoxy groups -OCH3 is 2. The van der Waals surface area contributed by atoms with Gasteiger partial charge < -0.3 is 14.6 Å². The van der Waals surface area contributed by atoms with E-state index in [0.29, 0.717) is 30.2 Å². The molecule has 0 spiro atoms. The molecule has 23 heavy (non-hydrogen) atoms. The molecular weight excluding hydrogens is 300 g/mol. The van der Waals surface area contributed by atoms with Crippen molar-refractivity contribution in [1.82, 2.24) is 20.2 Å². The fourth-order valence-electron chi connectivity index (χ4n) is 2.37. The molecule has 0 saturated carbocycles. The van der Waals surface area contributed by atoms with Crippen LogP contribution in [-0.2, 0) is 11.2 Å². The fraction of sp³-hybridized carbons (Fsp3) is 0.467. The van der Waals surface area contributed by atoms with Crippen molar-refractivity contribution in [2.24, 2.45) is 0 Å². The molecule has 124 valence electrons. The maximum Gasteiger partial charge on any atom is 0.328 e. The molecule has 0 amide bonds. The third-order valence-electron chi connectivity index (χ3n) is 3.51. The molecule has 0 saturated heterocycles. The molecule has 1 atom stereocenters. The first-order valence-electron chi connectivity index (χ1n) is 7.31. The maximum atomic E-state index is 11.4. The average Bonchev–Trinajstić information content (AvgIpc) is 2.99. The number of tetrazole rings is 1. The number of carbonyl (C=O) groups is 1. The van der Waals surface area contributed by atoms with Crippen molar-refractivity contribution in [3.8, 4) is 11.5 Å². The summed E-state index contributed by atoms with van der Waals surface area (Å²) in [6.07, 6.45) is 1.60. The number of ether oxygens (including phenoxy) is 2. The Bertz CT molecular complexity index is 671. The number of carboxylic acids is 1. The van der Waals surface area contributed by atoms with Crippen LogP contribution in [-0.4, -0.2) is 45.5 Å². The molecule has 8 heteroatoms. The first-order chi connectivity index (χ1) is 11.1. The summed E-state index contributed by atoms with van der Waals surface area (Å²) in [5, 5.41) is 20.8. The number of benzene rings is 1. The van der Waals surface area contributed by atoms with Gasteiger partial charge in [0.2, 0.25) is 0 Å². The highest BCUT2D eigenvalue weighted by Crippen LogP contribution is 2.28. The minimum Gasteiger partial charge on any atom is -0.493 e. The Morgan fingerprint density at radius 1 is 1.30 bits per heavy atom. The predicted molar refractivity (Wildman–Crippen MR) is 81.7 cm³/mol. The number of hydrogen-bond donors (Lipinski definition) is 1. The summed E-state index contributed by atoms with van der Waals surface area (Å²) >= 11 is 0. The lowest BCUT2D eigenvalue weighted by atomic mass is 10.1. The van der Waals surface area contributed by atoms with Gasteiger partial charge >= 0.3 is 5.97 Å². The molecule has 1 aromatic heterocycles. The predicted octanol–water partition coefficient (Wildman–Crippen LogP) is 1.71. The van der Waals surface area contributed by atoms with E-state index in [1.54, 1.807) is 20.3 Å². The smallest absolute Gasteiger partial charge is 0.328 e. The quantitative estimate of drug-likeness (QED) is 0.790. The second-order valence-electron chi connectivity index (χ2n) is 5.05. The van der Waals surface area contributed by atoms with Crippen LogP contribution in [0.25, 0.3) is 0 Å². The van der Waals surface area contributed by atoms with Crippen molar-refractivity contribution in [3.05, 3.63) is 29.6 Å². The van der Waals surface area contributed by atoms with Crippen molar-refractivity contribution < 1.29 is 19.4 Å². The van der Waals surface area contributed by atoms with Crippen molar-refractivity contribution in [1.29, 1.82) is 0 Å². The summed E-state index contributed by atoms with van der Waals surface area (Å²) in [5.74, 6) is 0.795. The average molecular weight is 320 g/mol. The van der Waals surface area contributed by atoms with Gasteiger partial charge in [-0.05, 0) is 34.5 Å². The Hall–Kier alpha value is -2.64. The molecule has 0 bridgehead atoms. The molecule has 1 N–H and O–H groups in total. The van der Waals surface area contributed by atoms with E-state index in [2.05, 4.69) is 15.5 Å². The first-order valence-corrected chi connectivity index (χ1v) is 7.31. The minimum atomic E-state index is -0.937. The molecule has 0 fully saturated rings. The molecule has 2 rings (SSSR count). The molecule has 0 aliphatic rings. The third-order valence-corrected chi connectivity index (χ3v) is 3.51. The molecule has 8 nitrogen and oxygen atoms in total. The Labute approximate surface area is 134 Å². The Kier molecular flexibility index (Phi) is 5.51. The second kappa shape index (κ2) is 7.57. The number of hydrogen-bond acceptors (Lipinski definition) is 6. The molecule has 1 aromatic carbocycles. The zero-order valence-electron chi connectivity index (χ0n) is 13.4. The van der Waals surface area contributed by atoms with Crippen LogP contribution < -0.4 is 9.47 Å². The summed E-state index contributed by atoms with van der Waals surface area (Å²) in [6.45, 7) is 1.92. The maximum absolute atomic E-state index is 11.4. The van der Waals surface area contributed by atoms with Gasteiger partial charge in [0.05, 0.1) is 14.2 Å².